The predicted octanol–water partition coefficient (Wildman–Crippen LogP) is 5.57. The molecule has 1 aromatic rings. The fourth-order valence-corrected chi connectivity index (χ4v) is 7.78. The second-order valence-corrected chi connectivity index (χ2v) is 13.8. The zero-order valence-electron chi connectivity index (χ0n) is 25.6. The number of methoxy groups -OCH3 is 1. The molecule has 1 aromatic carbocycles. The van der Waals surface area contributed by atoms with Gasteiger partial charge in [0, 0.05) is 18.7 Å². The van der Waals surface area contributed by atoms with E-state index in [0.717, 1.165) is 44.9 Å². The number of carbonyl (C=O) groups is 3. The van der Waals surface area contributed by atoms with E-state index in [4.69, 9.17) is 14.2 Å². The quantitative estimate of drug-likeness (QED) is 0.329. The van der Waals surface area contributed by atoms with Gasteiger partial charge >= 0.3 is 5.97 Å². The lowest BCUT2D eigenvalue weighted by Crippen LogP contribution is -2.51. The van der Waals surface area contributed by atoms with Gasteiger partial charge in [0.05, 0.1) is 37.7 Å². The maximum Gasteiger partial charge on any atom is 0.306 e. The second kappa shape index (κ2) is 12.4. The topological polar surface area (TPSA) is 103 Å². The van der Waals surface area contributed by atoms with Crippen LogP contribution in [0, 0.1) is 34.4 Å². The van der Waals surface area contributed by atoms with Crippen molar-refractivity contribution in [2.75, 3.05) is 20.3 Å². The number of halogens is 1. The standard InChI is InChI=1S/C33H47FN2O6/c1-5-41-27(37)18-32(2)13-9-22(10-14-32)42-26-16-23(25(40-4)17-24(26)34)30(38)36-29-21-8-7-20(15-21)28(29)31(39)35-19-33(3)11-6-12-33/h16-17,20-22,28-29H,5-15,18-19H2,1-4H3,(H,35,39)(H,36,38)/t20-,21+,22-,28+,29-,32-/m1/s1. The molecule has 2 bridgehead atoms. The number of hydrogen-bond acceptors (Lipinski definition) is 6. The Kier molecular flexibility index (Phi) is 9.05. The molecule has 9 heteroatoms. The van der Waals surface area contributed by atoms with Crippen molar-refractivity contribution in [3.8, 4) is 11.5 Å². The molecule has 0 aliphatic heterocycles. The van der Waals surface area contributed by atoms with E-state index >= 15 is 4.39 Å². The zero-order valence-corrected chi connectivity index (χ0v) is 25.6. The fourth-order valence-electron chi connectivity index (χ4n) is 7.78. The van der Waals surface area contributed by atoms with Gasteiger partial charge in [0.1, 0.15) is 5.75 Å². The average Bonchev–Trinajstić information content (AvgIpc) is 3.55. The van der Waals surface area contributed by atoms with Crippen molar-refractivity contribution < 1.29 is 33.0 Å². The summed E-state index contributed by atoms with van der Waals surface area (Å²) < 4.78 is 31.7. The molecule has 0 unspecified atom stereocenters. The summed E-state index contributed by atoms with van der Waals surface area (Å²) in [5.41, 5.74) is 0.206. The monoisotopic (exact) mass is 586 g/mol. The minimum absolute atomic E-state index is 0.0101. The summed E-state index contributed by atoms with van der Waals surface area (Å²) in [6, 6.07) is 2.36. The lowest BCUT2D eigenvalue weighted by molar-refractivity contribution is -0.146. The number of ether oxygens (including phenoxy) is 3. The lowest BCUT2D eigenvalue weighted by Gasteiger charge is -2.39. The van der Waals surface area contributed by atoms with Crippen LogP contribution < -0.4 is 20.1 Å². The third-order valence-corrected chi connectivity index (χ3v) is 10.6. The number of rotatable bonds is 11. The van der Waals surface area contributed by atoms with Crippen LogP contribution in [-0.4, -0.2) is 50.2 Å². The number of carbonyl (C=O) groups excluding carboxylic acids is 3. The molecule has 4 aliphatic rings. The van der Waals surface area contributed by atoms with Crippen molar-refractivity contribution >= 4 is 17.8 Å². The molecule has 4 atom stereocenters. The van der Waals surface area contributed by atoms with Gasteiger partial charge in [-0.2, -0.15) is 0 Å². The highest BCUT2D eigenvalue weighted by Gasteiger charge is 2.51. The number of amides is 2. The van der Waals surface area contributed by atoms with E-state index < -0.39 is 5.82 Å². The van der Waals surface area contributed by atoms with Gasteiger partial charge in [-0.05, 0) is 93.4 Å². The fraction of sp³-hybridized carbons (Fsp3) is 0.727. The molecule has 8 nitrogen and oxygen atoms in total. The summed E-state index contributed by atoms with van der Waals surface area (Å²) >= 11 is 0. The normalized spacial score (nSPS) is 31.1. The maximum absolute atomic E-state index is 15.1. The Labute approximate surface area is 248 Å². The summed E-state index contributed by atoms with van der Waals surface area (Å²) in [7, 11) is 1.41. The minimum atomic E-state index is -0.593. The van der Waals surface area contributed by atoms with Crippen molar-refractivity contribution in [1.29, 1.82) is 0 Å². The largest absolute Gasteiger partial charge is 0.496 e. The van der Waals surface area contributed by atoms with Gasteiger partial charge in [0.15, 0.2) is 11.6 Å². The Morgan fingerprint density at radius 1 is 0.976 bits per heavy atom. The highest BCUT2D eigenvalue weighted by molar-refractivity contribution is 5.98. The van der Waals surface area contributed by atoms with Crippen LogP contribution in [0.5, 0.6) is 11.5 Å². The number of fused-ring (bicyclic) bond motifs is 2. The third-order valence-electron chi connectivity index (χ3n) is 10.6. The number of benzene rings is 1. The first-order chi connectivity index (χ1) is 20.0. The molecule has 2 N–H and O–H groups in total. The van der Waals surface area contributed by atoms with Crippen LogP contribution in [0.3, 0.4) is 0 Å². The van der Waals surface area contributed by atoms with Gasteiger partial charge in [-0.1, -0.05) is 20.3 Å². The molecule has 0 heterocycles. The van der Waals surface area contributed by atoms with E-state index in [0.29, 0.717) is 32.4 Å². The lowest BCUT2D eigenvalue weighted by atomic mass is 9.70. The van der Waals surface area contributed by atoms with Crippen LogP contribution in [0.15, 0.2) is 12.1 Å². The van der Waals surface area contributed by atoms with Gasteiger partial charge in [-0.25, -0.2) is 4.39 Å². The molecule has 0 aromatic heterocycles. The molecule has 0 radical (unpaired) electrons. The van der Waals surface area contributed by atoms with Crippen LogP contribution in [0.1, 0.15) is 102 Å². The Balaban J connectivity index is 1.24. The molecule has 4 aliphatic carbocycles. The van der Waals surface area contributed by atoms with Gasteiger partial charge in [0.25, 0.3) is 5.91 Å². The van der Waals surface area contributed by atoms with Gasteiger partial charge in [-0.3, -0.25) is 14.4 Å². The van der Waals surface area contributed by atoms with E-state index in [1.165, 1.54) is 25.7 Å². The second-order valence-electron chi connectivity index (χ2n) is 13.8. The molecule has 232 valence electrons. The molecule has 42 heavy (non-hydrogen) atoms. The summed E-state index contributed by atoms with van der Waals surface area (Å²) in [6.07, 6.45) is 9.39. The van der Waals surface area contributed by atoms with Crippen molar-refractivity contribution in [3.63, 3.8) is 0 Å². The summed E-state index contributed by atoms with van der Waals surface area (Å²) in [5, 5.41) is 6.34. The van der Waals surface area contributed by atoms with Crippen LogP contribution >= 0.6 is 0 Å². The highest BCUT2D eigenvalue weighted by Crippen LogP contribution is 2.49. The molecule has 0 spiro atoms. The van der Waals surface area contributed by atoms with E-state index in [2.05, 4.69) is 24.5 Å². The molecule has 4 fully saturated rings. The van der Waals surface area contributed by atoms with E-state index in [1.807, 2.05) is 0 Å². The van der Waals surface area contributed by atoms with E-state index in [9.17, 15) is 14.4 Å². The summed E-state index contributed by atoms with van der Waals surface area (Å²) in [5.74, 6) is -0.743. The first-order valence-corrected chi connectivity index (χ1v) is 15.8. The van der Waals surface area contributed by atoms with Gasteiger partial charge in [-0.15, -0.1) is 0 Å². The molecule has 5 rings (SSSR count). The Morgan fingerprint density at radius 3 is 2.33 bits per heavy atom. The van der Waals surface area contributed by atoms with Crippen molar-refractivity contribution in [3.05, 3.63) is 23.5 Å². The minimum Gasteiger partial charge on any atom is -0.496 e. The molecule has 0 saturated heterocycles. The third kappa shape index (κ3) is 6.55. The van der Waals surface area contributed by atoms with E-state index in [-0.39, 0.29) is 75.6 Å². The summed E-state index contributed by atoms with van der Waals surface area (Å²) in [4.78, 5) is 39.0. The Morgan fingerprint density at radius 2 is 1.69 bits per heavy atom. The van der Waals surface area contributed by atoms with Crippen LogP contribution in [-0.2, 0) is 14.3 Å². The summed E-state index contributed by atoms with van der Waals surface area (Å²) in [6.45, 7) is 7.13. The zero-order chi connectivity index (χ0) is 30.1. The first-order valence-electron chi connectivity index (χ1n) is 15.8. The van der Waals surface area contributed by atoms with Gasteiger partial charge < -0.3 is 24.8 Å². The number of hydrogen-bond donors (Lipinski definition) is 2. The molecular formula is C33H47FN2O6. The smallest absolute Gasteiger partial charge is 0.306 e. The maximum atomic E-state index is 15.1. The Bertz CT molecular complexity index is 1180. The van der Waals surface area contributed by atoms with Crippen LogP contribution in [0.2, 0.25) is 0 Å². The molecule has 2 amide bonds. The molecule has 4 saturated carbocycles. The number of esters is 1. The van der Waals surface area contributed by atoms with Crippen LogP contribution in [0.25, 0.3) is 0 Å². The Hall–Kier alpha value is -2.84. The van der Waals surface area contributed by atoms with Crippen molar-refractivity contribution in [2.45, 2.75) is 104 Å². The molecular weight excluding hydrogens is 539 g/mol. The van der Waals surface area contributed by atoms with Crippen LogP contribution in [0.4, 0.5) is 4.39 Å². The first kappa shape index (κ1) is 30.6. The average molecular weight is 587 g/mol. The predicted molar refractivity (Wildman–Crippen MR) is 156 cm³/mol. The highest BCUT2D eigenvalue weighted by atomic mass is 19.1. The van der Waals surface area contributed by atoms with Crippen molar-refractivity contribution in [2.24, 2.45) is 28.6 Å². The number of nitrogens with one attached hydrogen (secondary N) is 2. The van der Waals surface area contributed by atoms with Crippen molar-refractivity contribution in [1.82, 2.24) is 10.6 Å². The SMILES string of the molecule is CCOC(=O)C[C@]1(C)CC[C@@H](Oc2cc(C(=O)N[C@@H]3[C@H]4CC[C@H](C4)[C@@H]3C(=O)NCC3(C)CCC3)c(OC)cc2F)CC1. The van der Waals surface area contributed by atoms with E-state index in [1.54, 1.807) is 6.92 Å². The van der Waals surface area contributed by atoms with Gasteiger partial charge in [0.2, 0.25) is 5.91 Å².